The van der Waals surface area contributed by atoms with Crippen LogP contribution in [-0.4, -0.2) is 24.3 Å². The van der Waals surface area contributed by atoms with Crippen LogP contribution in [0.15, 0.2) is 0 Å². The number of nitrogens with one attached hydrogen (secondary N) is 1. The Bertz CT molecular complexity index is 168. The quantitative estimate of drug-likeness (QED) is 0.604. The normalized spacial score (nSPS) is 12.2. The molecule has 1 amide bonds. The molecular formula is C8H16N2O2. The molecule has 0 spiro atoms. The van der Waals surface area contributed by atoms with E-state index in [9.17, 15) is 9.59 Å². The standard InChI is InChI=1S/C8H16N2O2/c1-6(3-4-7(2)11)10-8(12)5-9/h6H,3-5,9H2,1-2H3,(H,10,12). The van der Waals surface area contributed by atoms with Crippen molar-refractivity contribution in [1.82, 2.24) is 5.32 Å². The van der Waals surface area contributed by atoms with Gasteiger partial charge in [-0.1, -0.05) is 0 Å². The summed E-state index contributed by atoms with van der Waals surface area (Å²) >= 11 is 0. The number of hydrogen-bond donors (Lipinski definition) is 2. The maximum absolute atomic E-state index is 10.7. The fraction of sp³-hybridized carbons (Fsp3) is 0.750. The summed E-state index contributed by atoms with van der Waals surface area (Å²) in [5.74, 6) is -0.0325. The molecule has 0 aromatic carbocycles. The Hall–Kier alpha value is -0.900. The molecule has 12 heavy (non-hydrogen) atoms. The summed E-state index contributed by atoms with van der Waals surface area (Å²) < 4.78 is 0. The van der Waals surface area contributed by atoms with E-state index in [0.29, 0.717) is 12.8 Å². The van der Waals surface area contributed by atoms with Gasteiger partial charge in [0.05, 0.1) is 6.54 Å². The Morgan fingerprint density at radius 3 is 2.50 bits per heavy atom. The summed E-state index contributed by atoms with van der Waals surface area (Å²) in [6, 6.07) is 0.0324. The van der Waals surface area contributed by atoms with Gasteiger partial charge in [0.25, 0.3) is 0 Å². The van der Waals surface area contributed by atoms with E-state index in [1.807, 2.05) is 6.92 Å². The maximum Gasteiger partial charge on any atom is 0.233 e. The molecule has 0 bridgehead atoms. The van der Waals surface area contributed by atoms with E-state index in [4.69, 9.17) is 5.73 Å². The molecular weight excluding hydrogens is 156 g/mol. The van der Waals surface area contributed by atoms with E-state index in [-0.39, 0.29) is 24.3 Å². The average Bonchev–Trinajstić information content (AvgIpc) is 2.00. The van der Waals surface area contributed by atoms with Crippen LogP contribution in [0.2, 0.25) is 0 Å². The Morgan fingerprint density at radius 2 is 2.08 bits per heavy atom. The highest BCUT2D eigenvalue weighted by molar-refractivity contribution is 5.78. The van der Waals surface area contributed by atoms with E-state index in [2.05, 4.69) is 5.32 Å². The highest BCUT2D eigenvalue weighted by Gasteiger charge is 2.05. The number of amides is 1. The van der Waals surface area contributed by atoms with Gasteiger partial charge in [-0.25, -0.2) is 0 Å². The zero-order chi connectivity index (χ0) is 9.56. The third-order valence-electron chi connectivity index (χ3n) is 1.52. The van der Waals surface area contributed by atoms with Crippen molar-refractivity contribution in [2.45, 2.75) is 32.7 Å². The van der Waals surface area contributed by atoms with Crippen molar-refractivity contribution in [2.75, 3.05) is 6.54 Å². The molecule has 70 valence electrons. The Labute approximate surface area is 72.5 Å². The van der Waals surface area contributed by atoms with E-state index >= 15 is 0 Å². The number of Topliss-reactive ketones (excluding diaryl/α,β-unsaturated/α-hetero) is 1. The van der Waals surface area contributed by atoms with Crippen LogP contribution in [0.1, 0.15) is 26.7 Å². The number of nitrogens with two attached hydrogens (primary N) is 1. The molecule has 1 atom stereocenters. The third-order valence-corrected chi connectivity index (χ3v) is 1.52. The topological polar surface area (TPSA) is 72.2 Å². The molecule has 0 aromatic heterocycles. The minimum Gasteiger partial charge on any atom is -0.353 e. The molecule has 0 aliphatic rings. The minimum atomic E-state index is -0.175. The Balaban J connectivity index is 3.52. The van der Waals surface area contributed by atoms with Crippen LogP contribution >= 0.6 is 0 Å². The van der Waals surface area contributed by atoms with Crippen LogP contribution in [0, 0.1) is 0 Å². The lowest BCUT2D eigenvalue weighted by Crippen LogP contribution is -2.37. The van der Waals surface area contributed by atoms with Gasteiger partial charge in [-0.3, -0.25) is 4.79 Å². The van der Waals surface area contributed by atoms with Crippen molar-refractivity contribution in [3.05, 3.63) is 0 Å². The third kappa shape index (κ3) is 5.85. The van der Waals surface area contributed by atoms with Crippen LogP contribution in [-0.2, 0) is 9.59 Å². The van der Waals surface area contributed by atoms with Crippen LogP contribution in [0.5, 0.6) is 0 Å². The number of carbonyl (C=O) groups excluding carboxylic acids is 2. The number of rotatable bonds is 5. The van der Waals surface area contributed by atoms with Gasteiger partial charge in [-0.15, -0.1) is 0 Å². The molecule has 0 fully saturated rings. The van der Waals surface area contributed by atoms with Gasteiger partial charge < -0.3 is 15.8 Å². The second kappa shape index (κ2) is 5.71. The zero-order valence-electron chi connectivity index (χ0n) is 7.59. The van der Waals surface area contributed by atoms with E-state index in [1.54, 1.807) is 0 Å². The van der Waals surface area contributed by atoms with Gasteiger partial charge in [0, 0.05) is 12.5 Å². The summed E-state index contributed by atoms with van der Waals surface area (Å²) in [6.07, 6.45) is 1.19. The van der Waals surface area contributed by atoms with E-state index in [1.165, 1.54) is 6.92 Å². The number of hydrogen-bond acceptors (Lipinski definition) is 3. The summed E-state index contributed by atoms with van der Waals surface area (Å²) in [4.78, 5) is 21.3. The average molecular weight is 172 g/mol. The molecule has 4 heteroatoms. The lowest BCUT2D eigenvalue weighted by atomic mass is 10.1. The van der Waals surface area contributed by atoms with Crippen molar-refractivity contribution in [1.29, 1.82) is 0 Å². The van der Waals surface area contributed by atoms with Gasteiger partial charge in [0.2, 0.25) is 5.91 Å². The van der Waals surface area contributed by atoms with Crippen molar-refractivity contribution in [2.24, 2.45) is 5.73 Å². The maximum atomic E-state index is 10.7. The molecule has 0 heterocycles. The largest absolute Gasteiger partial charge is 0.353 e. The highest BCUT2D eigenvalue weighted by atomic mass is 16.2. The molecule has 1 unspecified atom stereocenters. The Morgan fingerprint density at radius 1 is 1.50 bits per heavy atom. The second-order valence-corrected chi connectivity index (χ2v) is 2.91. The lowest BCUT2D eigenvalue weighted by molar-refractivity contribution is -0.121. The van der Waals surface area contributed by atoms with Crippen LogP contribution < -0.4 is 11.1 Å². The lowest BCUT2D eigenvalue weighted by Gasteiger charge is -2.11. The number of ketones is 1. The molecule has 0 aliphatic carbocycles. The number of carbonyl (C=O) groups is 2. The van der Waals surface area contributed by atoms with E-state index < -0.39 is 0 Å². The monoisotopic (exact) mass is 172 g/mol. The first-order valence-electron chi connectivity index (χ1n) is 4.05. The predicted molar refractivity (Wildman–Crippen MR) is 46.6 cm³/mol. The van der Waals surface area contributed by atoms with Gasteiger partial charge in [-0.05, 0) is 20.3 Å². The SMILES string of the molecule is CC(=O)CCC(C)NC(=O)CN. The summed E-state index contributed by atoms with van der Waals surface area (Å²) in [5, 5.41) is 2.67. The molecule has 0 aliphatic heterocycles. The highest BCUT2D eigenvalue weighted by Crippen LogP contribution is 1.96. The minimum absolute atomic E-state index is 0.00438. The van der Waals surface area contributed by atoms with Gasteiger partial charge in [0.15, 0.2) is 0 Å². The molecule has 0 rings (SSSR count). The smallest absolute Gasteiger partial charge is 0.233 e. The van der Waals surface area contributed by atoms with Crippen LogP contribution in [0.25, 0.3) is 0 Å². The van der Waals surface area contributed by atoms with Crippen molar-refractivity contribution in [3.63, 3.8) is 0 Å². The predicted octanol–water partition coefficient (Wildman–Crippen LogP) is -0.181. The van der Waals surface area contributed by atoms with Crippen molar-refractivity contribution in [3.8, 4) is 0 Å². The van der Waals surface area contributed by atoms with Crippen molar-refractivity contribution >= 4 is 11.7 Å². The van der Waals surface area contributed by atoms with Crippen molar-refractivity contribution < 1.29 is 9.59 Å². The van der Waals surface area contributed by atoms with Gasteiger partial charge >= 0.3 is 0 Å². The molecule has 4 nitrogen and oxygen atoms in total. The molecule has 0 saturated carbocycles. The first kappa shape index (κ1) is 11.1. The van der Waals surface area contributed by atoms with Gasteiger partial charge in [0.1, 0.15) is 5.78 Å². The second-order valence-electron chi connectivity index (χ2n) is 2.91. The fourth-order valence-electron chi connectivity index (χ4n) is 0.826. The first-order chi connectivity index (χ1) is 5.56. The summed E-state index contributed by atoms with van der Waals surface area (Å²) in [7, 11) is 0. The van der Waals surface area contributed by atoms with Gasteiger partial charge in [-0.2, -0.15) is 0 Å². The first-order valence-corrected chi connectivity index (χ1v) is 4.05. The molecule has 0 radical (unpaired) electrons. The molecule has 0 saturated heterocycles. The fourth-order valence-corrected chi connectivity index (χ4v) is 0.826. The Kier molecular flexibility index (Phi) is 5.28. The molecule has 0 aromatic rings. The van der Waals surface area contributed by atoms with Crippen LogP contribution in [0.3, 0.4) is 0 Å². The van der Waals surface area contributed by atoms with E-state index in [0.717, 1.165) is 0 Å². The summed E-state index contributed by atoms with van der Waals surface area (Å²) in [6.45, 7) is 3.40. The summed E-state index contributed by atoms with van der Waals surface area (Å²) in [5.41, 5.74) is 5.10. The van der Waals surface area contributed by atoms with Crippen LogP contribution in [0.4, 0.5) is 0 Å². The molecule has 3 N–H and O–H groups in total. The zero-order valence-corrected chi connectivity index (χ0v) is 7.59.